The van der Waals surface area contributed by atoms with Crippen LogP contribution in [0.3, 0.4) is 0 Å². The minimum absolute atomic E-state index is 0.0996. The van der Waals surface area contributed by atoms with Gasteiger partial charge in [-0.05, 0) is 26.0 Å². The van der Waals surface area contributed by atoms with Crippen molar-refractivity contribution in [3.63, 3.8) is 0 Å². The van der Waals surface area contributed by atoms with Crippen LogP contribution in [0.2, 0.25) is 0 Å². The molecule has 0 bridgehead atoms. The average Bonchev–Trinajstić information content (AvgIpc) is 3.21. The molecule has 0 spiro atoms. The highest BCUT2D eigenvalue weighted by Gasteiger charge is 2.31. The van der Waals surface area contributed by atoms with Gasteiger partial charge in [-0.1, -0.05) is 11.3 Å². The van der Waals surface area contributed by atoms with Crippen LogP contribution >= 0.6 is 23.1 Å². The summed E-state index contributed by atoms with van der Waals surface area (Å²) >= 11 is 2.44. The van der Waals surface area contributed by atoms with Crippen molar-refractivity contribution in [1.82, 2.24) is 19.7 Å². The Bertz CT molecular complexity index is 1090. The maximum atomic E-state index is 12.7. The Morgan fingerprint density at radius 2 is 2.00 bits per heavy atom. The van der Waals surface area contributed by atoms with E-state index >= 15 is 0 Å². The molecule has 3 aromatic heterocycles. The number of pyridine rings is 1. The number of carbonyl (C=O) groups excluding carboxylic acids is 2. The van der Waals surface area contributed by atoms with Gasteiger partial charge in [0.25, 0.3) is 5.91 Å². The molecule has 3 N–H and O–H groups in total. The molecular formula is C17H15F3N6O2S2. The molecule has 13 heteroatoms. The third-order valence-corrected chi connectivity index (χ3v) is 6.32. The number of primary amides is 1. The van der Waals surface area contributed by atoms with E-state index in [1.807, 2.05) is 0 Å². The van der Waals surface area contributed by atoms with Gasteiger partial charge in [-0.2, -0.15) is 18.3 Å². The maximum absolute atomic E-state index is 12.7. The van der Waals surface area contributed by atoms with Crippen molar-refractivity contribution in [2.45, 2.75) is 24.2 Å². The van der Waals surface area contributed by atoms with Crippen LogP contribution in [0.4, 0.5) is 18.3 Å². The van der Waals surface area contributed by atoms with Gasteiger partial charge in [0.05, 0.1) is 38.7 Å². The van der Waals surface area contributed by atoms with Gasteiger partial charge in [-0.15, -0.1) is 11.8 Å². The zero-order chi connectivity index (χ0) is 22.1. The number of nitrogens with two attached hydrogens (primary N) is 1. The number of aromatic nitrogens is 4. The first-order chi connectivity index (χ1) is 14.1. The lowest BCUT2D eigenvalue weighted by Gasteiger charge is -2.08. The first-order valence-corrected chi connectivity index (χ1v) is 10.1. The molecule has 3 aromatic rings. The lowest BCUT2D eigenvalue weighted by Crippen LogP contribution is -2.13. The fourth-order valence-corrected chi connectivity index (χ4v) is 4.29. The van der Waals surface area contributed by atoms with Crippen LogP contribution in [-0.2, 0) is 11.0 Å². The second kappa shape index (κ2) is 8.44. The number of amides is 2. The molecule has 3 rings (SSSR count). The minimum atomic E-state index is -4.49. The Hall–Kier alpha value is -2.93. The van der Waals surface area contributed by atoms with E-state index in [1.165, 1.54) is 40.0 Å². The maximum Gasteiger partial charge on any atom is 0.417 e. The van der Waals surface area contributed by atoms with Gasteiger partial charge < -0.3 is 5.73 Å². The Labute approximate surface area is 176 Å². The molecule has 3 heterocycles. The smallest absolute Gasteiger partial charge is 0.369 e. The molecule has 2 amide bonds. The number of hydrogen-bond donors (Lipinski definition) is 2. The van der Waals surface area contributed by atoms with Gasteiger partial charge in [0.15, 0.2) is 10.9 Å². The van der Waals surface area contributed by atoms with E-state index in [2.05, 4.69) is 20.4 Å². The predicted molar refractivity (Wildman–Crippen MR) is 106 cm³/mol. The second-order valence-electron chi connectivity index (χ2n) is 6.06. The normalized spacial score (nSPS) is 11.5. The first kappa shape index (κ1) is 21.8. The van der Waals surface area contributed by atoms with Crippen molar-refractivity contribution in [2.24, 2.45) is 5.73 Å². The summed E-state index contributed by atoms with van der Waals surface area (Å²) in [7, 11) is 0. The van der Waals surface area contributed by atoms with Crippen LogP contribution < -0.4 is 11.1 Å². The molecule has 30 heavy (non-hydrogen) atoms. The Balaban J connectivity index is 1.76. The number of aryl methyl sites for hydroxylation is 1. The molecule has 0 aliphatic carbocycles. The number of nitrogens with zero attached hydrogens (tertiary/aromatic N) is 4. The summed E-state index contributed by atoms with van der Waals surface area (Å²) in [6, 6.07) is 2.07. The number of thioether (sulfide) groups is 1. The predicted octanol–water partition coefficient (Wildman–Crippen LogP) is 3.19. The Morgan fingerprint density at radius 1 is 1.27 bits per heavy atom. The van der Waals surface area contributed by atoms with Crippen LogP contribution in [0.5, 0.6) is 0 Å². The molecule has 0 saturated carbocycles. The fraction of sp³-hybridized carbons (Fsp3) is 0.235. The topological polar surface area (TPSA) is 116 Å². The van der Waals surface area contributed by atoms with Gasteiger partial charge in [0.1, 0.15) is 0 Å². The van der Waals surface area contributed by atoms with Gasteiger partial charge in [0, 0.05) is 6.20 Å². The van der Waals surface area contributed by atoms with E-state index in [9.17, 15) is 22.8 Å². The second-order valence-corrected chi connectivity index (χ2v) is 8.30. The van der Waals surface area contributed by atoms with Gasteiger partial charge in [-0.25, -0.2) is 14.6 Å². The summed E-state index contributed by atoms with van der Waals surface area (Å²) < 4.78 is 40.1. The van der Waals surface area contributed by atoms with E-state index in [4.69, 9.17) is 5.73 Å². The highest BCUT2D eigenvalue weighted by Crippen LogP contribution is 2.32. The molecule has 0 unspecified atom stereocenters. The molecule has 0 radical (unpaired) electrons. The van der Waals surface area contributed by atoms with E-state index in [1.54, 1.807) is 13.8 Å². The third kappa shape index (κ3) is 4.79. The molecule has 0 atom stereocenters. The number of nitrogens with one attached hydrogen (secondary N) is 1. The largest absolute Gasteiger partial charge is 0.417 e. The number of alkyl halides is 3. The summed E-state index contributed by atoms with van der Waals surface area (Å²) in [6.45, 7) is 3.34. The number of rotatable bonds is 6. The highest BCUT2D eigenvalue weighted by molar-refractivity contribution is 8.01. The van der Waals surface area contributed by atoms with Crippen molar-refractivity contribution in [3.8, 4) is 5.82 Å². The van der Waals surface area contributed by atoms with E-state index in [-0.39, 0.29) is 17.1 Å². The number of hydrogen-bond acceptors (Lipinski definition) is 7. The van der Waals surface area contributed by atoms with E-state index in [0.717, 1.165) is 10.3 Å². The van der Waals surface area contributed by atoms with Crippen molar-refractivity contribution in [1.29, 1.82) is 0 Å². The van der Waals surface area contributed by atoms with Crippen molar-refractivity contribution in [3.05, 3.63) is 47.0 Å². The highest BCUT2D eigenvalue weighted by atomic mass is 32.2. The number of anilines is 1. The Kier molecular flexibility index (Phi) is 6.12. The number of halogens is 3. The quantitative estimate of drug-likeness (QED) is 0.551. The van der Waals surface area contributed by atoms with Crippen LogP contribution in [0.25, 0.3) is 5.82 Å². The third-order valence-electron chi connectivity index (χ3n) is 3.87. The zero-order valence-corrected chi connectivity index (χ0v) is 17.3. The SMILES string of the molecule is Cc1nc(NC(=O)c2cnn(-c3ccc(C(F)(F)F)cn3)c2C)sc1SCC(N)=O. The standard InChI is InChI=1S/C17H15F3N6O2S2/c1-8-15(29-7-12(21)27)30-16(24-8)25-14(28)11-6-23-26(9(11)2)13-4-3-10(5-22-13)17(18,19)20/h3-6H,7H2,1-2H3,(H2,21,27)(H,24,25,28). The van der Waals surface area contributed by atoms with Crippen molar-refractivity contribution >= 4 is 40.0 Å². The molecule has 8 nitrogen and oxygen atoms in total. The molecule has 0 saturated heterocycles. The summed E-state index contributed by atoms with van der Waals surface area (Å²) in [5.74, 6) is -0.693. The molecular weight excluding hydrogens is 441 g/mol. The summed E-state index contributed by atoms with van der Waals surface area (Å²) in [5, 5.41) is 7.05. The molecule has 0 fully saturated rings. The number of carbonyl (C=O) groups is 2. The monoisotopic (exact) mass is 456 g/mol. The zero-order valence-electron chi connectivity index (χ0n) is 15.6. The van der Waals surface area contributed by atoms with Gasteiger partial charge in [-0.3, -0.25) is 14.9 Å². The summed E-state index contributed by atoms with van der Waals surface area (Å²) in [5.41, 5.74) is 5.53. The molecule has 0 aliphatic rings. The average molecular weight is 456 g/mol. The van der Waals surface area contributed by atoms with Crippen molar-refractivity contribution in [2.75, 3.05) is 11.1 Å². The molecule has 0 aliphatic heterocycles. The van der Waals surface area contributed by atoms with Crippen LogP contribution in [0.15, 0.2) is 28.7 Å². The van der Waals surface area contributed by atoms with Crippen molar-refractivity contribution < 1.29 is 22.8 Å². The molecule has 158 valence electrons. The summed E-state index contributed by atoms with van der Waals surface area (Å²) in [6.07, 6.45) is -2.48. The van der Waals surface area contributed by atoms with Crippen LogP contribution in [-0.4, -0.2) is 37.3 Å². The van der Waals surface area contributed by atoms with E-state index in [0.29, 0.717) is 22.7 Å². The lowest BCUT2D eigenvalue weighted by molar-refractivity contribution is -0.137. The fourth-order valence-electron chi connectivity index (χ4n) is 2.41. The van der Waals surface area contributed by atoms with Crippen LogP contribution in [0, 0.1) is 13.8 Å². The lowest BCUT2D eigenvalue weighted by atomic mass is 10.2. The van der Waals surface area contributed by atoms with Gasteiger partial charge >= 0.3 is 6.18 Å². The summed E-state index contributed by atoms with van der Waals surface area (Å²) in [4.78, 5) is 31.6. The first-order valence-electron chi connectivity index (χ1n) is 8.34. The Morgan fingerprint density at radius 3 is 2.60 bits per heavy atom. The minimum Gasteiger partial charge on any atom is -0.369 e. The number of thiazole rings is 1. The van der Waals surface area contributed by atoms with Gasteiger partial charge in [0.2, 0.25) is 5.91 Å². The molecule has 0 aromatic carbocycles. The van der Waals surface area contributed by atoms with Crippen LogP contribution in [0.1, 0.15) is 27.3 Å². The van der Waals surface area contributed by atoms with E-state index < -0.39 is 23.6 Å².